The Balaban J connectivity index is 1.97. The highest BCUT2D eigenvalue weighted by Gasteiger charge is 2.83. The molecule has 0 aromatic rings. The quantitative estimate of drug-likeness (QED) is 0.643. The Kier molecular flexibility index (Phi) is 2.11. The molecule has 4 aliphatic rings. The molecule has 2 aliphatic heterocycles. The van der Waals surface area contributed by atoms with Gasteiger partial charge in [-0.3, -0.25) is 4.79 Å². The third-order valence-corrected chi connectivity index (χ3v) is 7.24. The summed E-state index contributed by atoms with van der Waals surface area (Å²) >= 11 is 0. The van der Waals surface area contributed by atoms with Crippen molar-refractivity contribution in [3.8, 4) is 0 Å². The summed E-state index contributed by atoms with van der Waals surface area (Å²) in [5.41, 5.74) is -1.65. The Morgan fingerprint density at radius 1 is 1.35 bits per heavy atom. The van der Waals surface area contributed by atoms with Crippen LogP contribution in [-0.4, -0.2) is 40.3 Å². The number of carbonyl (C=O) groups excluding carboxylic acids is 1. The number of hydrogen-bond donors (Lipinski definition) is 2. The topological polar surface area (TPSA) is 76.0 Å². The predicted molar refractivity (Wildman–Crippen MR) is 68.5 cm³/mol. The maximum absolute atomic E-state index is 12.1. The van der Waals surface area contributed by atoms with E-state index in [1.807, 2.05) is 20.8 Å². The minimum Gasteiger partial charge on any atom is -0.458 e. The van der Waals surface area contributed by atoms with Gasteiger partial charge in [0, 0.05) is 29.6 Å². The lowest BCUT2D eigenvalue weighted by atomic mass is 9.48. The van der Waals surface area contributed by atoms with E-state index >= 15 is 0 Å². The van der Waals surface area contributed by atoms with Crippen LogP contribution >= 0.6 is 0 Å². The largest absolute Gasteiger partial charge is 0.458 e. The molecule has 0 radical (unpaired) electrons. The number of aliphatic hydroxyl groups is 2. The lowest BCUT2D eigenvalue weighted by Crippen LogP contribution is -2.64. The number of fused-ring (bicyclic) bond motifs is 2. The van der Waals surface area contributed by atoms with Gasteiger partial charge in [-0.15, -0.1) is 0 Å². The van der Waals surface area contributed by atoms with Crippen molar-refractivity contribution in [2.24, 2.45) is 22.7 Å². The third-order valence-electron chi connectivity index (χ3n) is 7.24. The molecular formula is C15H22O5. The Morgan fingerprint density at radius 3 is 2.75 bits per heavy atom. The van der Waals surface area contributed by atoms with Gasteiger partial charge in [-0.25, -0.2) is 0 Å². The average molecular weight is 282 g/mol. The van der Waals surface area contributed by atoms with E-state index in [0.717, 1.165) is 0 Å². The summed E-state index contributed by atoms with van der Waals surface area (Å²) in [6, 6.07) is 0. The van der Waals surface area contributed by atoms with Gasteiger partial charge in [-0.05, 0) is 5.92 Å². The molecule has 4 rings (SSSR count). The first-order valence-electron chi connectivity index (χ1n) is 7.47. The summed E-state index contributed by atoms with van der Waals surface area (Å²) in [6.45, 7) is 6.34. The maximum Gasteiger partial charge on any atom is 0.307 e. The average Bonchev–Trinajstić information content (AvgIpc) is 2.83. The van der Waals surface area contributed by atoms with Crippen LogP contribution in [0.15, 0.2) is 0 Å². The molecule has 0 unspecified atom stereocenters. The molecule has 112 valence electrons. The molecule has 2 saturated heterocycles. The van der Waals surface area contributed by atoms with Crippen molar-refractivity contribution in [3.63, 3.8) is 0 Å². The highest BCUT2D eigenvalue weighted by atomic mass is 16.6. The van der Waals surface area contributed by atoms with Crippen LogP contribution in [0.1, 0.15) is 40.0 Å². The van der Waals surface area contributed by atoms with Gasteiger partial charge in [0.2, 0.25) is 0 Å². The molecule has 0 spiro atoms. The van der Waals surface area contributed by atoms with Crippen LogP contribution in [0.5, 0.6) is 0 Å². The van der Waals surface area contributed by atoms with E-state index in [1.54, 1.807) is 0 Å². The van der Waals surface area contributed by atoms with Crippen molar-refractivity contribution in [2.75, 3.05) is 6.61 Å². The van der Waals surface area contributed by atoms with E-state index < -0.39 is 28.3 Å². The zero-order chi connectivity index (χ0) is 14.6. The van der Waals surface area contributed by atoms with Gasteiger partial charge in [0.05, 0.1) is 19.1 Å². The van der Waals surface area contributed by atoms with Gasteiger partial charge in [0.1, 0.15) is 5.60 Å². The lowest BCUT2D eigenvalue weighted by molar-refractivity contribution is -0.257. The van der Waals surface area contributed by atoms with Crippen molar-refractivity contribution in [1.29, 1.82) is 0 Å². The van der Waals surface area contributed by atoms with Crippen molar-refractivity contribution < 1.29 is 24.5 Å². The van der Waals surface area contributed by atoms with Crippen LogP contribution in [0, 0.1) is 22.7 Å². The molecule has 0 aromatic heterocycles. The highest BCUT2D eigenvalue weighted by molar-refractivity contribution is 5.75. The SMILES string of the molecule is C[C@@H]1[C@H](O)C[C@]23OC(=O)C[C@]12C[C@@]1(O)OC[C@]3(C)[C@H]1C. The molecule has 0 amide bonds. The number of aliphatic hydroxyl groups excluding tert-OH is 1. The van der Waals surface area contributed by atoms with Gasteiger partial charge in [-0.2, -0.15) is 0 Å². The van der Waals surface area contributed by atoms with E-state index in [4.69, 9.17) is 9.47 Å². The summed E-state index contributed by atoms with van der Waals surface area (Å²) in [6.07, 6.45) is 0.621. The molecule has 2 heterocycles. The van der Waals surface area contributed by atoms with Crippen molar-refractivity contribution >= 4 is 5.97 Å². The fourth-order valence-corrected chi connectivity index (χ4v) is 5.78. The summed E-state index contributed by atoms with van der Waals surface area (Å²) in [5.74, 6) is -1.60. The monoisotopic (exact) mass is 282 g/mol. The second-order valence-corrected chi connectivity index (χ2v) is 7.64. The summed E-state index contributed by atoms with van der Waals surface area (Å²) in [4.78, 5) is 12.1. The van der Waals surface area contributed by atoms with Gasteiger partial charge >= 0.3 is 5.97 Å². The van der Waals surface area contributed by atoms with Crippen molar-refractivity contribution in [1.82, 2.24) is 0 Å². The van der Waals surface area contributed by atoms with Crippen molar-refractivity contribution in [2.45, 2.75) is 57.5 Å². The van der Waals surface area contributed by atoms with E-state index in [1.165, 1.54) is 0 Å². The fraction of sp³-hybridized carbons (Fsp3) is 0.933. The molecule has 2 N–H and O–H groups in total. The second-order valence-electron chi connectivity index (χ2n) is 7.64. The van der Waals surface area contributed by atoms with Gasteiger partial charge in [0.15, 0.2) is 5.79 Å². The summed E-state index contributed by atoms with van der Waals surface area (Å²) < 4.78 is 11.6. The van der Waals surface area contributed by atoms with Crippen LogP contribution in [0.2, 0.25) is 0 Å². The zero-order valence-electron chi connectivity index (χ0n) is 12.2. The highest BCUT2D eigenvalue weighted by Crippen LogP contribution is 2.75. The van der Waals surface area contributed by atoms with Crippen LogP contribution in [0.3, 0.4) is 0 Å². The molecule has 7 atom stereocenters. The Hall–Kier alpha value is -0.650. The van der Waals surface area contributed by atoms with Crippen LogP contribution in [0.25, 0.3) is 0 Å². The van der Waals surface area contributed by atoms with Gasteiger partial charge < -0.3 is 19.7 Å². The molecule has 2 saturated carbocycles. The number of carbonyl (C=O) groups is 1. The molecule has 20 heavy (non-hydrogen) atoms. The number of esters is 1. The summed E-state index contributed by atoms with van der Waals surface area (Å²) in [5, 5.41) is 21.3. The van der Waals surface area contributed by atoms with Crippen LogP contribution < -0.4 is 0 Å². The molecule has 2 bridgehead atoms. The molecule has 5 heteroatoms. The van der Waals surface area contributed by atoms with Crippen molar-refractivity contribution in [3.05, 3.63) is 0 Å². The first kappa shape index (κ1) is 13.0. The van der Waals surface area contributed by atoms with E-state index in [-0.39, 0.29) is 24.2 Å². The summed E-state index contributed by atoms with van der Waals surface area (Å²) in [7, 11) is 0. The third kappa shape index (κ3) is 1.02. The van der Waals surface area contributed by atoms with Gasteiger partial charge in [0.25, 0.3) is 0 Å². The Labute approximate surface area is 118 Å². The zero-order valence-corrected chi connectivity index (χ0v) is 12.2. The standard InChI is InChI=1S/C15H22O5/c1-8-10(16)4-15-12(3)7-19-14(18,9(12)2)6-13(8,15)5-11(17)20-15/h8-10,16,18H,4-7H2,1-3H3/t8-,9-,10-,12-,13+,14-,15-/m1/s1. The fourth-order valence-electron chi connectivity index (χ4n) is 5.78. The second kappa shape index (κ2) is 3.23. The molecule has 4 fully saturated rings. The number of ether oxygens (including phenoxy) is 2. The minimum absolute atomic E-state index is 0.0750. The number of hydrogen-bond acceptors (Lipinski definition) is 5. The first-order valence-corrected chi connectivity index (χ1v) is 7.47. The molecule has 0 aromatic carbocycles. The van der Waals surface area contributed by atoms with E-state index in [2.05, 4.69) is 0 Å². The lowest BCUT2D eigenvalue weighted by Gasteiger charge is -2.56. The normalized spacial score (nSPS) is 64.0. The van der Waals surface area contributed by atoms with E-state index in [0.29, 0.717) is 19.4 Å². The van der Waals surface area contributed by atoms with Gasteiger partial charge in [-0.1, -0.05) is 20.8 Å². The molecular weight excluding hydrogens is 260 g/mol. The Bertz CT molecular complexity index is 506. The Morgan fingerprint density at radius 2 is 2.05 bits per heavy atom. The molecule has 2 aliphatic carbocycles. The van der Waals surface area contributed by atoms with Crippen LogP contribution in [-0.2, 0) is 14.3 Å². The smallest absolute Gasteiger partial charge is 0.307 e. The predicted octanol–water partition coefficient (Wildman–Crippen LogP) is 0.824. The molecule has 5 nitrogen and oxygen atoms in total. The van der Waals surface area contributed by atoms with E-state index in [9.17, 15) is 15.0 Å². The van der Waals surface area contributed by atoms with Crippen LogP contribution in [0.4, 0.5) is 0 Å². The first-order chi connectivity index (χ1) is 9.21. The maximum atomic E-state index is 12.1. The number of rotatable bonds is 0. The minimum atomic E-state index is -1.20.